The smallest absolute Gasteiger partial charge is 0.185 e. The van der Waals surface area contributed by atoms with Crippen molar-refractivity contribution in [1.29, 1.82) is 0 Å². The summed E-state index contributed by atoms with van der Waals surface area (Å²) in [6, 6.07) is 0.509. The Morgan fingerprint density at radius 3 is 2.75 bits per heavy atom. The number of hydrogen-bond donors (Lipinski definition) is 1. The van der Waals surface area contributed by atoms with Gasteiger partial charge in [0, 0.05) is 24.0 Å². The topological polar surface area (TPSA) is 28.2 Å². The summed E-state index contributed by atoms with van der Waals surface area (Å²) in [6.45, 7) is 10.4. The standard InChI is InChI=1S/C16H27N3S/c1-4-17-12-10-16(2,3)11-13-14(12)20-15(18-13)19-8-6-5-7-9-19/h12,17H,4-11H2,1-3H3. The van der Waals surface area contributed by atoms with E-state index in [0.717, 1.165) is 13.0 Å². The molecule has 1 aliphatic carbocycles. The van der Waals surface area contributed by atoms with Gasteiger partial charge in [0.05, 0.1) is 5.69 Å². The molecule has 0 spiro atoms. The molecule has 0 aromatic carbocycles. The molecule has 1 aromatic heterocycles. The summed E-state index contributed by atoms with van der Waals surface area (Å²) in [6.07, 6.45) is 6.40. The summed E-state index contributed by atoms with van der Waals surface area (Å²) in [7, 11) is 0. The van der Waals surface area contributed by atoms with Gasteiger partial charge in [-0.05, 0) is 44.1 Å². The Morgan fingerprint density at radius 2 is 2.05 bits per heavy atom. The molecule has 0 bridgehead atoms. The predicted molar refractivity (Wildman–Crippen MR) is 86.7 cm³/mol. The van der Waals surface area contributed by atoms with Gasteiger partial charge in [0.15, 0.2) is 5.13 Å². The van der Waals surface area contributed by atoms with Crippen LogP contribution in [0.2, 0.25) is 0 Å². The first kappa shape index (κ1) is 14.3. The molecule has 0 radical (unpaired) electrons. The summed E-state index contributed by atoms with van der Waals surface area (Å²) >= 11 is 1.94. The Labute approximate surface area is 126 Å². The van der Waals surface area contributed by atoms with E-state index in [0.29, 0.717) is 11.5 Å². The van der Waals surface area contributed by atoms with Crippen molar-refractivity contribution >= 4 is 16.5 Å². The highest BCUT2D eigenvalue weighted by molar-refractivity contribution is 7.15. The first-order valence-corrected chi connectivity index (χ1v) is 8.88. The van der Waals surface area contributed by atoms with E-state index in [1.165, 1.54) is 54.5 Å². The number of thiazole rings is 1. The number of nitrogens with zero attached hydrogens (tertiary/aromatic N) is 2. The first-order chi connectivity index (χ1) is 9.59. The molecule has 1 saturated heterocycles. The molecule has 1 atom stereocenters. The Balaban J connectivity index is 1.87. The van der Waals surface area contributed by atoms with E-state index >= 15 is 0 Å². The van der Waals surface area contributed by atoms with Gasteiger partial charge in [0.2, 0.25) is 0 Å². The van der Waals surface area contributed by atoms with Crippen LogP contribution in [0.15, 0.2) is 0 Å². The third-order valence-electron chi connectivity index (χ3n) is 4.51. The van der Waals surface area contributed by atoms with Crippen LogP contribution in [0.1, 0.15) is 63.1 Å². The molecular weight excluding hydrogens is 266 g/mol. The summed E-state index contributed by atoms with van der Waals surface area (Å²) in [5.74, 6) is 0. The van der Waals surface area contributed by atoms with Crippen molar-refractivity contribution < 1.29 is 0 Å². The lowest BCUT2D eigenvalue weighted by Crippen LogP contribution is -2.32. The van der Waals surface area contributed by atoms with Crippen molar-refractivity contribution in [2.75, 3.05) is 24.5 Å². The SMILES string of the molecule is CCNC1CC(C)(C)Cc2nc(N3CCCCC3)sc21. The fourth-order valence-corrected chi connectivity index (χ4v) is 4.76. The van der Waals surface area contributed by atoms with Gasteiger partial charge in [-0.25, -0.2) is 4.98 Å². The minimum Gasteiger partial charge on any atom is -0.348 e. The van der Waals surface area contributed by atoms with Crippen LogP contribution in [-0.2, 0) is 6.42 Å². The Hall–Kier alpha value is -0.610. The zero-order valence-electron chi connectivity index (χ0n) is 13.0. The van der Waals surface area contributed by atoms with Gasteiger partial charge >= 0.3 is 0 Å². The first-order valence-electron chi connectivity index (χ1n) is 8.07. The molecule has 1 fully saturated rings. The van der Waals surface area contributed by atoms with Crippen LogP contribution in [0.25, 0.3) is 0 Å². The summed E-state index contributed by atoms with van der Waals surface area (Å²) in [5.41, 5.74) is 1.73. The average Bonchev–Trinajstić information content (AvgIpc) is 2.82. The monoisotopic (exact) mass is 293 g/mol. The molecule has 2 heterocycles. The number of piperidine rings is 1. The Morgan fingerprint density at radius 1 is 1.30 bits per heavy atom. The van der Waals surface area contributed by atoms with E-state index in [9.17, 15) is 0 Å². The number of aromatic nitrogens is 1. The zero-order valence-corrected chi connectivity index (χ0v) is 13.9. The third-order valence-corrected chi connectivity index (χ3v) is 5.78. The molecule has 0 amide bonds. The minimum atomic E-state index is 0.368. The maximum atomic E-state index is 5.01. The van der Waals surface area contributed by atoms with Gasteiger partial charge in [-0.15, -0.1) is 0 Å². The molecule has 1 aromatic rings. The Bertz CT molecular complexity index is 460. The van der Waals surface area contributed by atoms with E-state index in [4.69, 9.17) is 4.98 Å². The third kappa shape index (κ3) is 2.86. The molecule has 0 saturated carbocycles. The summed E-state index contributed by atoms with van der Waals surface area (Å²) < 4.78 is 0. The summed E-state index contributed by atoms with van der Waals surface area (Å²) in [5, 5.41) is 4.94. The second-order valence-electron chi connectivity index (χ2n) is 7.01. The fourth-order valence-electron chi connectivity index (χ4n) is 3.55. The minimum absolute atomic E-state index is 0.368. The van der Waals surface area contributed by atoms with Gasteiger partial charge in [0.25, 0.3) is 0 Å². The van der Waals surface area contributed by atoms with Crippen molar-refractivity contribution in [3.8, 4) is 0 Å². The molecule has 3 rings (SSSR count). The lowest BCUT2D eigenvalue weighted by molar-refractivity contribution is 0.260. The van der Waals surface area contributed by atoms with Crippen LogP contribution in [-0.4, -0.2) is 24.6 Å². The number of hydrogen-bond acceptors (Lipinski definition) is 4. The Kier molecular flexibility index (Phi) is 4.04. The number of anilines is 1. The molecule has 2 aliphatic rings. The number of fused-ring (bicyclic) bond motifs is 1. The van der Waals surface area contributed by atoms with Crippen molar-refractivity contribution in [3.05, 3.63) is 10.6 Å². The van der Waals surface area contributed by atoms with E-state index in [1.807, 2.05) is 11.3 Å². The molecule has 112 valence electrons. The van der Waals surface area contributed by atoms with Gasteiger partial charge in [-0.2, -0.15) is 0 Å². The van der Waals surface area contributed by atoms with Gasteiger partial charge in [-0.3, -0.25) is 0 Å². The number of rotatable bonds is 3. The quantitative estimate of drug-likeness (QED) is 0.920. The highest BCUT2D eigenvalue weighted by atomic mass is 32.1. The highest BCUT2D eigenvalue weighted by Crippen LogP contribution is 2.44. The van der Waals surface area contributed by atoms with Crippen LogP contribution in [0.5, 0.6) is 0 Å². The molecule has 3 nitrogen and oxygen atoms in total. The van der Waals surface area contributed by atoms with Crippen molar-refractivity contribution in [3.63, 3.8) is 0 Å². The van der Waals surface area contributed by atoms with Crippen LogP contribution in [0.4, 0.5) is 5.13 Å². The van der Waals surface area contributed by atoms with Crippen molar-refractivity contribution in [2.45, 2.75) is 58.9 Å². The molecule has 1 unspecified atom stereocenters. The molecular formula is C16H27N3S. The average molecular weight is 293 g/mol. The lowest BCUT2D eigenvalue weighted by Gasteiger charge is -2.34. The van der Waals surface area contributed by atoms with Crippen LogP contribution < -0.4 is 10.2 Å². The molecule has 4 heteroatoms. The maximum Gasteiger partial charge on any atom is 0.185 e. The highest BCUT2D eigenvalue weighted by Gasteiger charge is 2.35. The largest absolute Gasteiger partial charge is 0.348 e. The van der Waals surface area contributed by atoms with Crippen LogP contribution in [0, 0.1) is 5.41 Å². The maximum absolute atomic E-state index is 5.01. The molecule has 1 N–H and O–H groups in total. The number of nitrogens with one attached hydrogen (secondary N) is 1. The normalized spacial score (nSPS) is 25.6. The van der Waals surface area contributed by atoms with Gasteiger partial charge in [-0.1, -0.05) is 32.1 Å². The van der Waals surface area contributed by atoms with Crippen LogP contribution >= 0.6 is 11.3 Å². The van der Waals surface area contributed by atoms with E-state index < -0.39 is 0 Å². The van der Waals surface area contributed by atoms with Crippen molar-refractivity contribution in [1.82, 2.24) is 10.3 Å². The van der Waals surface area contributed by atoms with Crippen LogP contribution in [0.3, 0.4) is 0 Å². The second-order valence-corrected chi connectivity index (χ2v) is 8.02. The molecule has 1 aliphatic heterocycles. The van der Waals surface area contributed by atoms with Gasteiger partial charge < -0.3 is 10.2 Å². The fraction of sp³-hybridized carbons (Fsp3) is 0.812. The lowest BCUT2D eigenvalue weighted by atomic mass is 9.76. The predicted octanol–water partition coefficient (Wildman–Crippen LogP) is 3.76. The van der Waals surface area contributed by atoms with Gasteiger partial charge in [0.1, 0.15) is 0 Å². The van der Waals surface area contributed by atoms with E-state index in [-0.39, 0.29) is 0 Å². The molecule has 20 heavy (non-hydrogen) atoms. The van der Waals surface area contributed by atoms with E-state index in [1.54, 1.807) is 0 Å². The summed E-state index contributed by atoms with van der Waals surface area (Å²) in [4.78, 5) is 9.02. The second kappa shape index (κ2) is 5.64. The zero-order chi connectivity index (χ0) is 14.2. The van der Waals surface area contributed by atoms with E-state index in [2.05, 4.69) is 31.0 Å². The van der Waals surface area contributed by atoms with Crippen molar-refractivity contribution in [2.24, 2.45) is 5.41 Å².